The van der Waals surface area contributed by atoms with Crippen LogP contribution in [0.3, 0.4) is 0 Å². The maximum Gasteiger partial charge on any atom is 0.310 e. The van der Waals surface area contributed by atoms with E-state index in [9.17, 15) is 14.9 Å². The Hall–Kier alpha value is -1.82. The van der Waals surface area contributed by atoms with E-state index in [0.717, 1.165) is 0 Å². The van der Waals surface area contributed by atoms with Crippen molar-refractivity contribution in [1.29, 1.82) is 0 Å². The summed E-state index contributed by atoms with van der Waals surface area (Å²) in [6.07, 6.45) is -0.0469. The number of nitro groups is 1. The van der Waals surface area contributed by atoms with E-state index in [1.54, 1.807) is 6.92 Å². The van der Waals surface area contributed by atoms with Crippen LogP contribution < -0.4 is 4.74 Å². The van der Waals surface area contributed by atoms with Gasteiger partial charge in [-0.25, -0.2) is 0 Å². The fourth-order valence-electron chi connectivity index (χ4n) is 1.45. The van der Waals surface area contributed by atoms with Crippen molar-refractivity contribution in [1.82, 2.24) is 0 Å². The van der Waals surface area contributed by atoms with Gasteiger partial charge in [0.1, 0.15) is 5.75 Å². The van der Waals surface area contributed by atoms with E-state index in [-0.39, 0.29) is 29.5 Å². The topological polar surface area (TPSA) is 78.7 Å². The van der Waals surface area contributed by atoms with Crippen molar-refractivity contribution < 1.29 is 19.2 Å². The zero-order chi connectivity index (χ0) is 13.7. The summed E-state index contributed by atoms with van der Waals surface area (Å²) in [4.78, 5) is 21.4. The van der Waals surface area contributed by atoms with Gasteiger partial charge in [-0.3, -0.25) is 14.9 Å². The van der Waals surface area contributed by atoms with E-state index >= 15 is 0 Å². The molecule has 1 rings (SSSR count). The molecule has 0 heterocycles. The van der Waals surface area contributed by atoms with Gasteiger partial charge in [0, 0.05) is 11.6 Å². The number of benzene rings is 1. The molecule has 0 aromatic heterocycles. The normalized spacial score (nSPS) is 9.94. The van der Waals surface area contributed by atoms with Crippen LogP contribution in [-0.2, 0) is 16.0 Å². The number of nitrogens with zero attached hydrogens (tertiary/aromatic N) is 1. The van der Waals surface area contributed by atoms with Crippen LogP contribution in [-0.4, -0.2) is 24.6 Å². The van der Waals surface area contributed by atoms with Gasteiger partial charge in [0.05, 0.1) is 25.1 Å². The van der Waals surface area contributed by atoms with Gasteiger partial charge < -0.3 is 9.47 Å². The number of methoxy groups -OCH3 is 1. The molecule has 0 aliphatic rings. The SMILES string of the molecule is CCOC(=O)Cc1ccc([N+](=O)[O-])c(Cl)c1OC. The van der Waals surface area contributed by atoms with Gasteiger partial charge in [-0.05, 0) is 13.0 Å². The number of hydrogen-bond acceptors (Lipinski definition) is 5. The molecule has 0 unspecified atom stereocenters. The second-order valence-corrected chi connectivity index (χ2v) is 3.71. The molecule has 0 atom stereocenters. The molecule has 0 bridgehead atoms. The van der Waals surface area contributed by atoms with E-state index in [1.807, 2.05) is 0 Å². The fourth-order valence-corrected chi connectivity index (χ4v) is 1.78. The summed E-state index contributed by atoms with van der Waals surface area (Å²) >= 11 is 5.85. The van der Waals surface area contributed by atoms with E-state index < -0.39 is 10.9 Å². The number of halogens is 1. The minimum absolute atomic E-state index is 0.0469. The van der Waals surface area contributed by atoms with Gasteiger partial charge >= 0.3 is 5.97 Å². The Bertz CT molecular complexity index is 475. The lowest BCUT2D eigenvalue weighted by Gasteiger charge is -2.09. The van der Waals surface area contributed by atoms with Crippen LogP contribution in [0, 0.1) is 10.1 Å². The number of carbonyl (C=O) groups is 1. The average molecular weight is 274 g/mol. The van der Waals surface area contributed by atoms with Gasteiger partial charge in [-0.2, -0.15) is 0 Å². The first-order valence-corrected chi connectivity index (χ1v) is 5.54. The lowest BCUT2D eigenvalue weighted by molar-refractivity contribution is -0.384. The number of rotatable bonds is 5. The molecule has 18 heavy (non-hydrogen) atoms. The molecular formula is C11H12ClNO5. The third-order valence-electron chi connectivity index (χ3n) is 2.20. The summed E-state index contributed by atoms with van der Waals surface area (Å²) in [7, 11) is 1.33. The molecule has 0 amide bonds. The van der Waals surface area contributed by atoms with Crippen molar-refractivity contribution in [2.45, 2.75) is 13.3 Å². The molecular weight excluding hydrogens is 262 g/mol. The van der Waals surface area contributed by atoms with Crippen LogP contribution >= 0.6 is 11.6 Å². The Balaban J connectivity index is 3.10. The monoisotopic (exact) mass is 273 g/mol. The summed E-state index contributed by atoms with van der Waals surface area (Å²) in [5.41, 5.74) is 0.188. The number of ether oxygens (including phenoxy) is 2. The molecule has 0 saturated heterocycles. The second-order valence-electron chi connectivity index (χ2n) is 3.33. The Morgan fingerprint density at radius 2 is 2.17 bits per heavy atom. The first-order valence-electron chi connectivity index (χ1n) is 5.16. The average Bonchev–Trinajstić information content (AvgIpc) is 2.29. The molecule has 0 aliphatic heterocycles. The van der Waals surface area contributed by atoms with Gasteiger partial charge in [0.15, 0.2) is 5.02 Å². The molecule has 98 valence electrons. The first kappa shape index (κ1) is 14.2. The lowest BCUT2D eigenvalue weighted by Crippen LogP contribution is -2.09. The third-order valence-corrected chi connectivity index (χ3v) is 2.56. The largest absolute Gasteiger partial charge is 0.495 e. The standard InChI is InChI=1S/C11H12ClNO5/c1-3-18-9(14)6-7-4-5-8(13(15)16)10(12)11(7)17-2/h4-5H,3,6H2,1-2H3. The molecule has 6 nitrogen and oxygen atoms in total. The Kier molecular flexibility index (Phi) is 4.91. The highest BCUT2D eigenvalue weighted by molar-refractivity contribution is 6.34. The maximum absolute atomic E-state index is 11.4. The summed E-state index contributed by atoms with van der Waals surface area (Å²) in [6, 6.07) is 2.67. The molecule has 0 saturated carbocycles. The fraction of sp³-hybridized carbons (Fsp3) is 0.364. The molecule has 1 aromatic rings. The number of hydrogen-bond donors (Lipinski definition) is 0. The maximum atomic E-state index is 11.4. The minimum atomic E-state index is -0.612. The van der Waals surface area contributed by atoms with Crippen LogP contribution in [0.2, 0.25) is 5.02 Å². The lowest BCUT2D eigenvalue weighted by atomic mass is 10.1. The third kappa shape index (κ3) is 3.10. The van der Waals surface area contributed by atoms with E-state index in [4.69, 9.17) is 21.1 Å². The molecule has 1 aromatic carbocycles. The summed E-state index contributed by atoms with van der Waals surface area (Å²) in [6.45, 7) is 1.96. The van der Waals surface area contributed by atoms with Gasteiger partial charge in [0.2, 0.25) is 0 Å². The second kappa shape index (κ2) is 6.20. The highest BCUT2D eigenvalue weighted by atomic mass is 35.5. The van der Waals surface area contributed by atoms with Crippen LogP contribution in [0.4, 0.5) is 5.69 Å². The van der Waals surface area contributed by atoms with E-state index in [1.165, 1.54) is 19.2 Å². The number of carbonyl (C=O) groups excluding carboxylic acids is 1. The Morgan fingerprint density at radius 1 is 1.50 bits per heavy atom. The highest BCUT2D eigenvalue weighted by Crippen LogP contribution is 2.36. The molecule has 0 fully saturated rings. The Morgan fingerprint density at radius 3 is 2.67 bits per heavy atom. The van der Waals surface area contributed by atoms with E-state index in [0.29, 0.717) is 5.56 Å². The minimum Gasteiger partial charge on any atom is -0.495 e. The molecule has 0 N–H and O–H groups in total. The zero-order valence-electron chi connectivity index (χ0n) is 9.94. The van der Waals surface area contributed by atoms with Gasteiger partial charge in [-0.1, -0.05) is 11.6 Å². The van der Waals surface area contributed by atoms with Gasteiger partial charge in [-0.15, -0.1) is 0 Å². The van der Waals surface area contributed by atoms with Crippen molar-refractivity contribution in [2.75, 3.05) is 13.7 Å². The molecule has 0 radical (unpaired) electrons. The quantitative estimate of drug-likeness (QED) is 0.467. The van der Waals surface area contributed by atoms with Crippen molar-refractivity contribution in [3.8, 4) is 5.75 Å². The number of nitro benzene ring substituents is 1. The van der Waals surface area contributed by atoms with Gasteiger partial charge in [0.25, 0.3) is 5.69 Å². The molecule has 7 heteroatoms. The van der Waals surface area contributed by atoms with Crippen molar-refractivity contribution in [3.63, 3.8) is 0 Å². The zero-order valence-corrected chi connectivity index (χ0v) is 10.7. The van der Waals surface area contributed by atoms with Crippen molar-refractivity contribution >= 4 is 23.3 Å². The van der Waals surface area contributed by atoms with Crippen LogP contribution in [0.15, 0.2) is 12.1 Å². The van der Waals surface area contributed by atoms with Crippen LogP contribution in [0.5, 0.6) is 5.75 Å². The van der Waals surface area contributed by atoms with Crippen molar-refractivity contribution in [3.05, 3.63) is 32.8 Å². The highest BCUT2D eigenvalue weighted by Gasteiger charge is 2.21. The van der Waals surface area contributed by atoms with E-state index in [2.05, 4.69) is 0 Å². The molecule has 0 spiro atoms. The predicted octanol–water partition coefficient (Wildman–Crippen LogP) is 2.36. The van der Waals surface area contributed by atoms with Crippen molar-refractivity contribution in [2.24, 2.45) is 0 Å². The predicted molar refractivity (Wildman–Crippen MR) is 65.0 cm³/mol. The smallest absolute Gasteiger partial charge is 0.310 e. The van der Waals surface area contributed by atoms with Crippen LogP contribution in [0.25, 0.3) is 0 Å². The summed E-state index contributed by atoms with van der Waals surface area (Å²) in [5.74, 6) is -0.320. The molecule has 0 aliphatic carbocycles. The summed E-state index contributed by atoms with van der Waals surface area (Å²) < 4.78 is 9.79. The van der Waals surface area contributed by atoms with Crippen LogP contribution in [0.1, 0.15) is 12.5 Å². The Labute approximate surface area is 109 Å². The number of esters is 1. The summed E-state index contributed by atoms with van der Waals surface area (Å²) in [5, 5.41) is 10.6. The first-order chi connectivity index (χ1) is 8.51.